The van der Waals surface area contributed by atoms with Gasteiger partial charge in [0.05, 0.1) is 5.69 Å². The molecule has 0 radical (unpaired) electrons. The topological polar surface area (TPSA) is 98.0 Å². The molecule has 0 unspecified atom stereocenters. The summed E-state index contributed by atoms with van der Waals surface area (Å²) in [4.78, 5) is 26.8. The fourth-order valence-electron chi connectivity index (χ4n) is 1.07. The predicted molar refractivity (Wildman–Crippen MR) is 52.0 cm³/mol. The number of hydrogen-bond donors (Lipinski definition) is 4. The number of aromatic nitrogens is 2. The fraction of sp³-hybridized carbons (Fsp3) is 0.286. The lowest BCUT2D eigenvalue weighted by molar-refractivity contribution is 0.0693. The smallest absolute Gasteiger partial charge is 0.343 e. The van der Waals surface area contributed by atoms with E-state index in [1.54, 1.807) is 7.05 Å². The Bertz CT molecular complexity index is 462. The first-order valence-electron chi connectivity index (χ1n) is 3.79. The molecule has 0 saturated carbocycles. The average Bonchev–Trinajstić information content (AvgIpc) is 2.01. The lowest BCUT2D eigenvalue weighted by Gasteiger charge is -2.03. The number of nitrogens with one attached hydrogen (secondary N) is 3. The molecule has 76 valence electrons. The molecular weight excluding hydrogens is 206 g/mol. The van der Waals surface area contributed by atoms with Gasteiger partial charge >= 0.3 is 5.97 Å². The molecule has 0 aliphatic heterocycles. The highest BCUT2D eigenvalue weighted by molar-refractivity contribution is 7.71. The fourth-order valence-corrected chi connectivity index (χ4v) is 1.28. The summed E-state index contributed by atoms with van der Waals surface area (Å²) in [7, 11) is 1.64. The Kier molecular flexibility index (Phi) is 3.15. The quantitative estimate of drug-likeness (QED) is 0.526. The molecule has 0 amide bonds. The van der Waals surface area contributed by atoms with E-state index in [2.05, 4.69) is 15.3 Å². The van der Waals surface area contributed by atoms with Crippen molar-refractivity contribution in [1.29, 1.82) is 0 Å². The van der Waals surface area contributed by atoms with E-state index in [1.807, 2.05) is 0 Å². The molecule has 0 fully saturated rings. The van der Waals surface area contributed by atoms with Crippen LogP contribution in [0.15, 0.2) is 4.79 Å². The lowest BCUT2D eigenvalue weighted by atomic mass is 10.2. The Hall–Kier alpha value is -1.47. The van der Waals surface area contributed by atoms with Crippen LogP contribution in [-0.4, -0.2) is 28.1 Å². The average molecular weight is 215 g/mol. The first-order valence-corrected chi connectivity index (χ1v) is 4.20. The molecule has 0 aliphatic rings. The molecule has 0 spiro atoms. The third-order valence-electron chi connectivity index (χ3n) is 1.59. The normalized spacial score (nSPS) is 10.1. The van der Waals surface area contributed by atoms with Crippen molar-refractivity contribution in [1.82, 2.24) is 15.3 Å². The van der Waals surface area contributed by atoms with Crippen molar-refractivity contribution in [3.63, 3.8) is 0 Å². The van der Waals surface area contributed by atoms with Crippen LogP contribution in [-0.2, 0) is 6.54 Å². The number of hydrogen-bond acceptors (Lipinski definition) is 4. The van der Waals surface area contributed by atoms with Crippen LogP contribution in [0.4, 0.5) is 0 Å². The standard InChI is InChI=1S/C7H9N3O3S/c1-8-2-3-4(6(12)13)5(11)10-7(14)9-3/h8H,2H2,1H3,(H,12,13)(H2,9,10,11,14). The van der Waals surface area contributed by atoms with Crippen LogP contribution in [0.5, 0.6) is 0 Å². The van der Waals surface area contributed by atoms with E-state index in [1.165, 1.54) is 0 Å². The monoisotopic (exact) mass is 215 g/mol. The van der Waals surface area contributed by atoms with Crippen LogP contribution in [0.3, 0.4) is 0 Å². The molecule has 1 rings (SSSR count). The first kappa shape index (κ1) is 10.6. The minimum Gasteiger partial charge on any atom is -0.477 e. The van der Waals surface area contributed by atoms with E-state index < -0.39 is 11.5 Å². The molecule has 1 aromatic rings. The molecule has 0 saturated heterocycles. The second-order valence-corrected chi connectivity index (χ2v) is 3.01. The maximum absolute atomic E-state index is 11.2. The van der Waals surface area contributed by atoms with Crippen LogP contribution in [0.25, 0.3) is 0 Å². The number of carbonyl (C=O) groups is 1. The minimum atomic E-state index is -1.28. The van der Waals surface area contributed by atoms with E-state index in [0.717, 1.165) is 0 Å². The number of carboxylic acid groups (broad SMARTS) is 1. The Morgan fingerprint density at radius 2 is 2.21 bits per heavy atom. The van der Waals surface area contributed by atoms with Gasteiger partial charge in [0, 0.05) is 6.54 Å². The van der Waals surface area contributed by atoms with Crippen molar-refractivity contribution in [2.24, 2.45) is 0 Å². The minimum absolute atomic E-state index is 0.116. The molecular formula is C7H9N3O3S. The molecule has 0 atom stereocenters. The van der Waals surface area contributed by atoms with Gasteiger partial charge in [-0.25, -0.2) is 4.79 Å². The van der Waals surface area contributed by atoms with Crippen molar-refractivity contribution in [2.75, 3.05) is 7.05 Å². The molecule has 0 aliphatic carbocycles. The Morgan fingerprint density at radius 1 is 1.57 bits per heavy atom. The van der Waals surface area contributed by atoms with Gasteiger partial charge in [-0.15, -0.1) is 0 Å². The first-order chi connectivity index (χ1) is 6.56. The highest BCUT2D eigenvalue weighted by Gasteiger charge is 2.14. The van der Waals surface area contributed by atoms with Gasteiger partial charge in [-0.2, -0.15) is 0 Å². The molecule has 6 nitrogen and oxygen atoms in total. The molecule has 7 heteroatoms. The summed E-state index contributed by atoms with van der Waals surface area (Å²) in [6, 6.07) is 0. The molecule has 1 heterocycles. The second kappa shape index (κ2) is 4.16. The summed E-state index contributed by atoms with van der Waals surface area (Å²) in [5, 5.41) is 11.5. The highest BCUT2D eigenvalue weighted by Crippen LogP contribution is 1.98. The summed E-state index contributed by atoms with van der Waals surface area (Å²) in [6.07, 6.45) is 0. The van der Waals surface area contributed by atoms with Crippen LogP contribution in [0.1, 0.15) is 16.1 Å². The van der Waals surface area contributed by atoms with Gasteiger partial charge in [-0.05, 0) is 19.3 Å². The van der Waals surface area contributed by atoms with E-state index in [4.69, 9.17) is 17.3 Å². The van der Waals surface area contributed by atoms with Crippen molar-refractivity contribution in [3.8, 4) is 0 Å². The van der Waals surface area contributed by atoms with Gasteiger partial charge in [-0.3, -0.25) is 9.78 Å². The van der Waals surface area contributed by atoms with Gasteiger partial charge in [0.15, 0.2) is 4.77 Å². The van der Waals surface area contributed by atoms with Crippen LogP contribution in [0, 0.1) is 4.77 Å². The molecule has 0 bridgehead atoms. The zero-order valence-electron chi connectivity index (χ0n) is 7.38. The van der Waals surface area contributed by atoms with E-state index in [9.17, 15) is 9.59 Å². The third-order valence-corrected chi connectivity index (χ3v) is 1.79. The number of aromatic carboxylic acids is 1. The van der Waals surface area contributed by atoms with Crippen molar-refractivity contribution >= 4 is 18.2 Å². The Balaban J connectivity index is 3.44. The van der Waals surface area contributed by atoms with Gasteiger partial charge < -0.3 is 15.4 Å². The molecule has 0 aromatic carbocycles. The summed E-state index contributed by atoms with van der Waals surface area (Å²) >= 11 is 4.72. The lowest BCUT2D eigenvalue weighted by Crippen LogP contribution is -2.24. The zero-order valence-corrected chi connectivity index (χ0v) is 8.20. The predicted octanol–water partition coefficient (Wildman–Crippen LogP) is -0.150. The maximum Gasteiger partial charge on any atom is 0.343 e. The van der Waals surface area contributed by atoms with E-state index in [-0.39, 0.29) is 22.6 Å². The van der Waals surface area contributed by atoms with Gasteiger partial charge in [0.2, 0.25) is 0 Å². The van der Waals surface area contributed by atoms with E-state index >= 15 is 0 Å². The van der Waals surface area contributed by atoms with Crippen molar-refractivity contribution in [3.05, 3.63) is 26.4 Å². The highest BCUT2D eigenvalue weighted by atomic mass is 32.1. The Morgan fingerprint density at radius 3 is 2.71 bits per heavy atom. The molecule has 14 heavy (non-hydrogen) atoms. The number of aromatic amines is 2. The Labute approximate surface area is 84.0 Å². The third kappa shape index (κ3) is 2.06. The van der Waals surface area contributed by atoms with Gasteiger partial charge in [0.1, 0.15) is 5.56 Å². The number of rotatable bonds is 3. The second-order valence-electron chi connectivity index (χ2n) is 2.60. The van der Waals surface area contributed by atoms with E-state index in [0.29, 0.717) is 0 Å². The van der Waals surface area contributed by atoms with Crippen molar-refractivity contribution in [2.45, 2.75) is 6.54 Å². The number of H-pyrrole nitrogens is 2. The maximum atomic E-state index is 11.2. The van der Waals surface area contributed by atoms with Gasteiger partial charge in [-0.1, -0.05) is 0 Å². The largest absolute Gasteiger partial charge is 0.477 e. The zero-order chi connectivity index (χ0) is 10.7. The van der Waals surface area contributed by atoms with Crippen LogP contribution >= 0.6 is 12.2 Å². The van der Waals surface area contributed by atoms with Gasteiger partial charge in [0.25, 0.3) is 5.56 Å². The summed E-state index contributed by atoms with van der Waals surface area (Å²) in [6.45, 7) is 0.245. The summed E-state index contributed by atoms with van der Waals surface area (Å²) < 4.78 is 0.116. The molecule has 4 N–H and O–H groups in total. The van der Waals surface area contributed by atoms with Crippen LogP contribution < -0.4 is 10.9 Å². The SMILES string of the molecule is CNCc1[nH]c(=S)[nH]c(=O)c1C(=O)O. The van der Waals surface area contributed by atoms with Crippen LogP contribution in [0.2, 0.25) is 0 Å². The summed E-state index contributed by atoms with van der Waals surface area (Å²) in [5.41, 5.74) is -0.729. The summed E-state index contributed by atoms with van der Waals surface area (Å²) in [5.74, 6) is -1.28. The number of carboxylic acids is 1. The van der Waals surface area contributed by atoms with Crippen molar-refractivity contribution < 1.29 is 9.90 Å². The molecule has 1 aromatic heterocycles.